The maximum Gasteiger partial charge on any atom is 0.431 e. The molecule has 3 amide bonds. The van der Waals surface area contributed by atoms with Crippen molar-refractivity contribution in [2.75, 3.05) is 4.90 Å². The number of carbonyl (C=O) groups is 3. The van der Waals surface area contributed by atoms with Crippen LogP contribution in [-0.2, 0) is 14.3 Å². The zero-order valence-electron chi connectivity index (χ0n) is 19.3. The highest BCUT2D eigenvalue weighted by Crippen LogP contribution is 2.37. The van der Waals surface area contributed by atoms with Crippen LogP contribution in [0.15, 0.2) is 77.9 Å². The third kappa shape index (κ3) is 3.83. The van der Waals surface area contributed by atoms with Crippen molar-refractivity contribution < 1.29 is 19.1 Å². The third-order valence-corrected chi connectivity index (χ3v) is 5.97. The van der Waals surface area contributed by atoms with Gasteiger partial charge in [0, 0.05) is 6.42 Å². The van der Waals surface area contributed by atoms with Gasteiger partial charge in [0.05, 0.1) is 17.3 Å². The summed E-state index contributed by atoms with van der Waals surface area (Å²) < 4.78 is 5.56. The van der Waals surface area contributed by atoms with Crippen LogP contribution in [0.1, 0.15) is 32.8 Å². The van der Waals surface area contributed by atoms with E-state index in [4.69, 9.17) is 4.74 Å². The summed E-state index contributed by atoms with van der Waals surface area (Å²) in [6, 6.07) is 21.5. The van der Waals surface area contributed by atoms with E-state index in [2.05, 4.69) is 5.10 Å². The molecule has 5 rings (SSSR count). The smallest absolute Gasteiger partial charge is 0.431 e. The molecule has 0 radical (unpaired) electrons. The number of benzene rings is 3. The minimum absolute atomic E-state index is 0.246. The van der Waals surface area contributed by atoms with E-state index in [0.29, 0.717) is 11.4 Å². The van der Waals surface area contributed by atoms with Gasteiger partial charge in [-0.3, -0.25) is 9.59 Å². The quantitative estimate of drug-likeness (QED) is 0.523. The molecular formula is C27H25N3O4. The molecule has 3 aromatic carbocycles. The highest BCUT2D eigenvalue weighted by atomic mass is 16.6. The molecule has 1 fully saturated rings. The summed E-state index contributed by atoms with van der Waals surface area (Å²) in [6.07, 6.45) is -0.507. The number of hydrogen-bond donors (Lipinski definition) is 0. The van der Waals surface area contributed by atoms with Gasteiger partial charge in [-0.15, -0.1) is 0 Å². The molecule has 0 bridgehead atoms. The Hall–Kier alpha value is -4.00. The molecule has 1 saturated heterocycles. The molecule has 0 N–H and O–H groups in total. The second kappa shape index (κ2) is 8.09. The van der Waals surface area contributed by atoms with Gasteiger partial charge < -0.3 is 4.74 Å². The van der Waals surface area contributed by atoms with Crippen LogP contribution in [0.4, 0.5) is 10.5 Å². The van der Waals surface area contributed by atoms with Crippen LogP contribution in [0, 0.1) is 5.92 Å². The van der Waals surface area contributed by atoms with Crippen LogP contribution >= 0.6 is 0 Å². The van der Waals surface area contributed by atoms with E-state index in [1.807, 2.05) is 48.5 Å². The fourth-order valence-electron chi connectivity index (χ4n) is 4.47. The molecule has 2 unspecified atom stereocenters. The number of fused-ring (bicyclic) bond motifs is 2. The van der Waals surface area contributed by atoms with Gasteiger partial charge in [-0.1, -0.05) is 54.6 Å². The van der Waals surface area contributed by atoms with Crippen LogP contribution < -0.4 is 4.90 Å². The number of hydrogen-bond acceptors (Lipinski definition) is 5. The summed E-state index contributed by atoms with van der Waals surface area (Å²) in [5.41, 5.74) is 1.05. The molecule has 0 aliphatic carbocycles. The Labute approximate surface area is 197 Å². The van der Waals surface area contributed by atoms with Gasteiger partial charge in [-0.2, -0.15) is 10.1 Å². The largest absolute Gasteiger partial charge is 0.442 e. The van der Waals surface area contributed by atoms with Gasteiger partial charge in [-0.25, -0.2) is 9.69 Å². The normalized spacial score (nSPS) is 20.4. The molecule has 172 valence electrons. The van der Waals surface area contributed by atoms with Crippen molar-refractivity contribution in [3.63, 3.8) is 0 Å². The van der Waals surface area contributed by atoms with E-state index in [9.17, 15) is 14.4 Å². The van der Waals surface area contributed by atoms with E-state index < -0.39 is 29.6 Å². The maximum absolute atomic E-state index is 13.5. The van der Waals surface area contributed by atoms with Crippen molar-refractivity contribution in [2.24, 2.45) is 11.0 Å². The molecule has 2 atom stereocenters. The number of nitrogens with zero attached hydrogens (tertiary/aromatic N) is 3. The van der Waals surface area contributed by atoms with Crippen LogP contribution in [0.2, 0.25) is 0 Å². The SMILES string of the molecule is CC(C)(C)OC(=O)N1N=C(c2ccc3ccccc3c2)CC2C(=O)N(c3ccccc3)C(=O)C21. The Morgan fingerprint density at radius 1 is 0.912 bits per heavy atom. The molecule has 34 heavy (non-hydrogen) atoms. The molecule has 0 spiro atoms. The standard InChI is InChI=1S/C27H25N3O4/c1-27(2,3)34-26(33)30-23-21(24(31)29(25(23)32)20-11-5-4-6-12-20)16-22(28-30)19-14-13-17-9-7-8-10-18(17)15-19/h4-15,21,23H,16H2,1-3H3. The number of ether oxygens (including phenoxy) is 1. The molecule has 3 aromatic rings. The van der Waals surface area contributed by atoms with Crippen LogP contribution in [0.3, 0.4) is 0 Å². The van der Waals surface area contributed by atoms with Crippen molar-refractivity contribution in [3.8, 4) is 0 Å². The zero-order chi connectivity index (χ0) is 24.0. The van der Waals surface area contributed by atoms with Gasteiger partial charge in [0.25, 0.3) is 5.91 Å². The van der Waals surface area contributed by atoms with Crippen LogP contribution in [0.5, 0.6) is 0 Å². The average Bonchev–Trinajstić information content (AvgIpc) is 3.07. The molecular weight excluding hydrogens is 430 g/mol. The van der Waals surface area contributed by atoms with Crippen molar-refractivity contribution in [1.82, 2.24) is 5.01 Å². The first-order chi connectivity index (χ1) is 16.2. The molecule has 2 heterocycles. The van der Waals surface area contributed by atoms with Crippen LogP contribution in [-0.4, -0.2) is 40.3 Å². The Morgan fingerprint density at radius 2 is 1.59 bits per heavy atom. The third-order valence-electron chi connectivity index (χ3n) is 5.97. The van der Waals surface area contributed by atoms with E-state index in [1.165, 1.54) is 0 Å². The van der Waals surface area contributed by atoms with Gasteiger partial charge in [0.1, 0.15) is 5.60 Å². The minimum atomic E-state index is -1.05. The predicted octanol–water partition coefficient (Wildman–Crippen LogP) is 4.74. The fraction of sp³-hybridized carbons (Fsp3) is 0.259. The van der Waals surface area contributed by atoms with E-state index in [1.54, 1.807) is 45.0 Å². The molecule has 7 heteroatoms. The molecule has 0 aromatic heterocycles. The lowest BCUT2D eigenvalue weighted by molar-refractivity contribution is -0.123. The van der Waals surface area contributed by atoms with Crippen molar-refractivity contribution in [3.05, 3.63) is 78.4 Å². The first kappa shape index (κ1) is 21.8. The summed E-state index contributed by atoms with van der Waals surface area (Å²) in [7, 11) is 0. The fourth-order valence-corrected chi connectivity index (χ4v) is 4.47. The first-order valence-corrected chi connectivity index (χ1v) is 11.2. The summed E-state index contributed by atoms with van der Waals surface area (Å²) in [5.74, 6) is -1.57. The van der Waals surface area contributed by atoms with Gasteiger partial charge >= 0.3 is 6.09 Å². The predicted molar refractivity (Wildman–Crippen MR) is 129 cm³/mol. The number of amides is 3. The Balaban J connectivity index is 1.58. The molecule has 0 saturated carbocycles. The highest BCUT2D eigenvalue weighted by Gasteiger charge is 2.55. The summed E-state index contributed by atoms with van der Waals surface area (Å²) >= 11 is 0. The van der Waals surface area contributed by atoms with E-state index in [0.717, 1.165) is 26.2 Å². The lowest BCUT2D eigenvalue weighted by Crippen LogP contribution is -2.49. The first-order valence-electron chi connectivity index (χ1n) is 11.2. The Morgan fingerprint density at radius 3 is 2.29 bits per heavy atom. The Bertz CT molecular complexity index is 1330. The van der Waals surface area contributed by atoms with E-state index >= 15 is 0 Å². The Kier molecular flexibility index (Phi) is 5.20. The summed E-state index contributed by atoms with van der Waals surface area (Å²) in [4.78, 5) is 41.2. The van der Waals surface area contributed by atoms with Gasteiger partial charge in [0.15, 0.2) is 6.04 Å². The van der Waals surface area contributed by atoms with Crippen molar-refractivity contribution in [2.45, 2.75) is 38.8 Å². The number of rotatable bonds is 2. The van der Waals surface area contributed by atoms with Gasteiger partial charge in [0.2, 0.25) is 5.91 Å². The number of para-hydroxylation sites is 1. The number of imide groups is 1. The molecule has 2 aliphatic rings. The van der Waals surface area contributed by atoms with E-state index in [-0.39, 0.29) is 12.3 Å². The van der Waals surface area contributed by atoms with Crippen molar-refractivity contribution >= 4 is 40.1 Å². The average molecular weight is 456 g/mol. The second-order valence-electron chi connectivity index (χ2n) is 9.54. The van der Waals surface area contributed by atoms with Gasteiger partial charge in [-0.05, 0) is 55.3 Å². The topological polar surface area (TPSA) is 79.3 Å². The number of carbonyl (C=O) groups excluding carboxylic acids is 3. The van der Waals surface area contributed by atoms with Crippen molar-refractivity contribution in [1.29, 1.82) is 0 Å². The van der Waals surface area contributed by atoms with Crippen LogP contribution in [0.25, 0.3) is 10.8 Å². The molecule has 2 aliphatic heterocycles. The zero-order valence-corrected chi connectivity index (χ0v) is 19.3. The monoisotopic (exact) mass is 455 g/mol. The summed E-state index contributed by atoms with van der Waals surface area (Å²) in [6.45, 7) is 5.24. The lowest BCUT2D eigenvalue weighted by Gasteiger charge is -2.32. The molecule has 7 nitrogen and oxygen atoms in total. The number of anilines is 1. The maximum atomic E-state index is 13.5. The minimum Gasteiger partial charge on any atom is -0.442 e. The highest BCUT2D eigenvalue weighted by molar-refractivity contribution is 6.25. The summed E-state index contributed by atoms with van der Waals surface area (Å²) in [5, 5.41) is 7.73. The second-order valence-corrected chi connectivity index (χ2v) is 9.54. The number of hydrazone groups is 1. The lowest BCUT2D eigenvalue weighted by atomic mass is 9.90.